The maximum absolute atomic E-state index is 2.48. The summed E-state index contributed by atoms with van der Waals surface area (Å²) in [5.41, 5.74) is 29.9. The lowest BCUT2D eigenvalue weighted by molar-refractivity contribution is 1.24. The molecule has 0 aliphatic heterocycles. The Morgan fingerprint density at radius 2 is 0.375 bits per heavy atom. The van der Waals surface area contributed by atoms with E-state index in [1.165, 1.54) is 33.4 Å². The third-order valence-corrected chi connectivity index (χ3v) is 17.0. The molecule has 0 aromatic heterocycles. The van der Waals surface area contributed by atoms with Crippen molar-refractivity contribution in [1.29, 1.82) is 0 Å². The van der Waals surface area contributed by atoms with Crippen molar-refractivity contribution in [3.63, 3.8) is 0 Å². The van der Waals surface area contributed by atoms with Gasteiger partial charge in [-0.15, -0.1) is 0 Å². The van der Waals surface area contributed by atoms with Crippen LogP contribution in [0, 0.1) is 13.8 Å². The lowest BCUT2D eigenvalue weighted by atomic mass is 9.92. The van der Waals surface area contributed by atoms with Gasteiger partial charge in [0, 0.05) is 45.0 Å². The third-order valence-electron chi connectivity index (χ3n) is 17.0. The van der Waals surface area contributed by atoms with Crippen molar-refractivity contribution in [3.05, 3.63) is 363 Å². The molecule has 0 radical (unpaired) electrons. The zero-order chi connectivity index (χ0) is 59.2. The Kier molecular flexibility index (Phi) is 15.3. The zero-order valence-corrected chi connectivity index (χ0v) is 49.4. The van der Waals surface area contributed by atoms with Gasteiger partial charge in [-0.3, -0.25) is 0 Å². The van der Waals surface area contributed by atoms with Crippen LogP contribution in [-0.4, -0.2) is 0 Å². The summed E-state index contributed by atoms with van der Waals surface area (Å²) in [7, 11) is 0. The van der Waals surface area contributed by atoms with E-state index in [-0.39, 0.29) is 0 Å². The minimum Gasteiger partial charge on any atom is -0.309 e. The summed E-state index contributed by atoms with van der Waals surface area (Å²) in [5, 5.41) is 0. The summed E-state index contributed by atoms with van der Waals surface area (Å²) in [5.74, 6) is 0. The maximum atomic E-state index is 2.48. The lowest BCUT2D eigenvalue weighted by Gasteiger charge is -2.32. The van der Waals surface area contributed by atoms with Crippen molar-refractivity contribution in [2.45, 2.75) is 13.8 Å². The molecule has 0 bridgehead atoms. The number of hydrogen-bond acceptors (Lipinski definition) is 2. The SMILES string of the molecule is Cc1cc(-c2ccc(N(c3ccc(-c4ccc(-c5ccccc5)cc4)cc3)c3c(-c4ccccc4)cccc3-c3ccccc3)c(C)c2)ccc1N(c1ccc(-c2ccc(-c3ccccc3)cc2)cc1)c1c(-c2ccccc2)cccc1-c1ccccc1. The normalized spacial score (nSPS) is 11.1. The smallest absolute Gasteiger partial charge is 0.0618 e. The minimum absolute atomic E-state index is 1.07. The molecular weight excluding hydrogens is 1060 g/mol. The van der Waals surface area contributed by atoms with E-state index in [9.17, 15) is 0 Å². The highest BCUT2D eigenvalue weighted by atomic mass is 15.2. The molecule has 0 saturated carbocycles. The zero-order valence-electron chi connectivity index (χ0n) is 49.4. The third kappa shape index (κ3) is 11.2. The first-order valence-corrected chi connectivity index (χ1v) is 30.3. The van der Waals surface area contributed by atoms with E-state index in [2.05, 4.69) is 375 Å². The predicted octanol–water partition coefficient (Wildman–Crippen LogP) is 24.2. The van der Waals surface area contributed by atoms with E-state index >= 15 is 0 Å². The molecular formula is C86H64N2. The summed E-state index contributed by atoms with van der Waals surface area (Å²) >= 11 is 0. The topological polar surface area (TPSA) is 6.48 Å². The van der Waals surface area contributed by atoms with Crippen LogP contribution < -0.4 is 9.80 Å². The molecule has 14 aromatic rings. The molecule has 0 aliphatic rings. The van der Waals surface area contributed by atoms with Crippen LogP contribution in [-0.2, 0) is 0 Å². The summed E-state index contributed by atoms with van der Waals surface area (Å²) in [6.45, 7) is 4.52. The first-order chi connectivity index (χ1) is 43.5. The Balaban J connectivity index is 0.880. The first kappa shape index (κ1) is 54.6. The fourth-order valence-electron chi connectivity index (χ4n) is 12.5. The lowest BCUT2D eigenvalue weighted by Crippen LogP contribution is -2.14. The van der Waals surface area contributed by atoms with E-state index < -0.39 is 0 Å². The van der Waals surface area contributed by atoms with E-state index in [1.54, 1.807) is 0 Å². The molecule has 0 heterocycles. The highest BCUT2D eigenvalue weighted by molar-refractivity contribution is 6.00. The number of nitrogens with zero attached hydrogens (tertiary/aromatic N) is 2. The minimum atomic E-state index is 1.07. The second kappa shape index (κ2) is 24.7. The van der Waals surface area contributed by atoms with Crippen molar-refractivity contribution >= 4 is 34.1 Å². The van der Waals surface area contributed by atoms with Gasteiger partial charge >= 0.3 is 0 Å². The second-order valence-electron chi connectivity index (χ2n) is 22.5. The predicted molar refractivity (Wildman–Crippen MR) is 374 cm³/mol. The fourth-order valence-corrected chi connectivity index (χ4v) is 12.5. The van der Waals surface area contributed by atoms with Gasteiger partial charge in [0.1, 0.15) is 0 Å². The first-order valence-electron chi connectivity index (χ1n) is 30.3. The summed E-state index contributed by atoms with van der Waals surface area (Å²) < 4.78 is 0. The van der Waals surface area contributed by atoms with Crippen LogP contribution in [0.5, 0.6) is 0 Å². The number of benzene rings is 14. The van der Waals surface area contributed by atoms with Crippen molar-refractivity contribution < 1.29 is 0 Å². The Hall–Kier alpha value is -11.3. The molecule has 88 heavy (non-hydrogen) atoms. The molecule has 2 nitrogen and oxygen atoms in total. The van der Waals surface area contributed by atoms with Gasteiger partial charge in [0.15, 0.2) is 0 Å². The molecule has 2 heteroatoms. The molecule has 0 saturated heterocycles. The number of aryl methyl sites for hydroxylation is 2. The van der Waals surface area contributed by atoms with E-state index in [1.807, 2.05) is 0 Å². The van der Waals surface area contributed by atoms with Gasteiger partial charge in [-0.1, -0.05) is 303 Å². The molecule has 0 unspecified atom stereocenters. The van der Waals surface area contributed by atoms with Crippen LogP contribution in [0.2, 0.25) is 0 Å². The van der Waals surface area contributed by atoms with Gasteiger partial charge in [-0.2, -0.15) is 0 Å². The summed E-state index contributed by atoms with van der Waals surface area (Å²) in [6, 6.07) is 128. The molecule has 0 fully saturated rings. The standard InChI is InChI=1S/C86H64N2/c1-61-59-75(51-57-83(61)87(77-53-47-69(48-54-77)67-43-39-65(40-44-67)63-23-9-3-10-24-63)85-79(71-27-13-5-14-28-71)35-21-36-80(85)72-29-15-6-16-30-72)76-52-58-84(62(2)60-76)88(78-55-49-70(50-56-78)68-45-41-66(42-46-68)64-25-11-4-12-26-64)86-81(73-31-17-7-18-32-73)37-22-38-82(86)74-33-19-8-20-34-74/h3-60H,1-2H3. The summed E-state index contributed by atoms with van der Waals surface area (Å²) in [6.07, 6.45) is 0. The Morgan fingerprint density at radius 3 is 0.614 bits per heavy atom. The molecule has 14 aromatic carbocycles. The average Bonchev–Trinajstić information content (AvgIpc) is 1.21. The Labute approximate surface area is 517 Å². The molecule has 0 atom stereocenters. The van der Waals surface area contributed by atoms with E-state index in [4.69, 9.17) is 0 Å². The number of rotatable bonds is 15. The van der Waals surface area contributed by atoms with Crippen molar-refractivity contribution in [3.8, 4) is 100 Å². The average molecular weight is 1130 g/mol. The van der Waals surface area contributed by atoms with Gasteiger partial charge in [-0.25, -0.2) is 0 Å². The Bertz CT molecular complexity index is 4240. The molecule has 0 amide bonds. The maximum Gasteiger partial charge on any atom is 0.0618 e. The van der Waals surface area contributed by atoms with Crippen LogP contribution in [0.15, 0.2) is 352 Å². The molecule has 0 spiro atoms. The molecule has 14 rings (SSSR count). The number of para-hydroxylation sites is 2. The van der Waals surface area contributed by atoms with Gasteiger partial charge < -0.3 is 9.80 Å². The highest BCUT2D eigenvalue weighted by Crippen LogP contribution is 2.51. The fraction of sp³-hybridized carbons (Fsp3) is 0.0233. The van der Waals surface area contributed by atoms with E-state index in [0.29, 0.717) is 0 Å². The van der Waals surface area contributed by atoms with Gasteiger partial charge in [0.25, 0.3) is 0 Å². The van der Waals surface area contributed by atoms with Gasteiger partial charge in [0.2, 0.25) is 0 Å². The molecule has 418 valence electrons. The monoisotopic (exact) mass is 1120 g/mol. The van der Waals surface area contributed by atoms with Crippen LogP contribution in [0.4, 0.5) is 34.1 Å². The van der Waals surface area contributed by atoms with E-state index in [0.717, 1.165) is 112 Å². The van der Waals surface area contributed by atoms with Crippen LogP contribution in [0.1, 0.15) is 11.1 Å². The van der Waals surface area contributed by atoms with Crippen molar-refractivity contribution in [1.82, 2.24) is 0 Å². The van der Waals surface area contributed by atoms with Gasteiger partial charge in [0.05, 0.1) is 11.4 Å². The quantitative estimate of drug-likeness (QED) is 0.101. The largest absolute Gasteiger partial charge is 0.309 e. The van der Waals surface area contributed by atoms with Crippen molar-refractivity contribution in [2.24, 2.45) is 0 Å². The highest BCUT2D eigenvalue weighted by Gasteiger charge is 2.26. The number of hydrogen-bond donors (Lipinski definition) is 0. The van der Waals surface area contributed by atoms with Crippen LogP contribution >= 0.6 is 0 Å². The molecule has 0 aliphatic carbocycles. The van der Waals surface area contributed by atoms with Crippen LogP contribution in [0.3, 0.4) is 0 Å². The van der Waals surface area contributed by atoms with Crippen LogP contribution in [0.25, 0.3) is 100 Å². The van der Waals surface area contributed by atoms with Crippen molar-refractivity contribution in [2.75, 3.05) is 9.80 Å². The second-order valence-corrected chi connectivity index (χ2v) is 22.5. The van der Waals surface area contributed by atoms with Gasteiger partial charge in [-0.05, 0) is 151 Å². The molecule has 0 N–H and O–H groups in total. The Morgan fingerprint density at radius 1 is 0.170 bits per heavy atom. The summed E-state index contributed by atoms with van der Waals surface area (Å²) in [4.78, 5) is 4.97. The number of anilines is 6.